The van der Waals surface area contributed by atoms with Crippen molar-refractivity contribution in [2.45, 2.75) is 25.1 Å². The molecule has 2 aromatic rings. The standard InChI is InChI=1S/C15H15F3N4O/c16-15(17,18)12-6-13(20-8-11(23)9-3-4-9)22-14(21-12)10-2-1-5-19-7-10/h1-2,5-7,9,11,23H,3-4,8H2,(H,20,21,22). The number of halogens is 3. The lowest BCUT2D eigenvalue weighted by atomic mass is 10.2. The van der Waals surface area contributed by atoms with Crippen molar-refractivity contribution < 1.29 is 18.3 Å². The summed E-state index contributed by atoms with van der Waals surface area (Å²) in [5, 5.41) is 12.6. The first-order valence-electron chi connectivity index (χ1n) is 7.22. The van der Waals surface area contributed by atoms with E-state index < -0.39 is 18.0 Å². The minimum atomic E-state index is -4.58. The number of pyridine rings is 1. The van der Waals surface area contributed by atoms with Gasteiger partial charge in [-0.3, -0.25) is 4.98 Å². The Balaban J connectivity index is 1.88. The number of hydrogen-bond donors (Lipinski definition) is 2. The number of aromatic nitrogens is 3. The average molecular weight is 324 g/mol. The number of alkyl halides is 3. The van der Waals surface area contributed by atoms with Crippen LogP contribution in [0.15, 0.2) is 30.6 Å². The smallest absolute Gasteiger partial charge is 0.391 e. The summed E-state index contributed by atoms with van der Waals surface area (Å²) in [6.07, 6.45) is -0.351. The summed E-state index contributed by atoms with van der Waals surface area (Å²) in [7, 11) is 0. The maximum Gasteiger partial charge on any atom is 0.433 e. The van der Waals surface area contributed by atoms with Gasteiger partial charge in [-0.1, -0.05) is 0 Å². The predicted molar refractivity (Wildman–Crippen MR) is 77.5 cm³/mol. The van der Waals surface area contributed by atoms with Crippen molar-refractivity contribution in [2.24, 2.45) is 5.92 Å². The van der Waals surface area contributed by atoms with Crippen LogP contribution in [0.25, 0.3) is 11.4 Å². The summed E-state index contributed by atoms with van der Waals surface area (Å²) in [4.78, 5) is 11.5. The topological polar surface area (TPSA) is 70.9 Å². The van der Waals surface area contributed by atoms with Crippen molar-refractivity contribution in [3.63, 3.8) is 0 Å². The third-order valence-electron chi connectivity index (χ3n) is 3.59. The highest BCUT2D eigenvalue weighted by Crippen LogP contribution is 2.33. The molecule has 0 aliphatic heterocycles. The van der Waals surface area contributed by atoms with Gasteiger partial charge in [0.1, 0.15) is 5.82 Å². The molecule has 23 heavy (non-hydrogen) atoms. The van der Waals surface area contributed by atoms with E-state index in [0.717, 1.165) is 18.9 Å². The van der Waals surface area contributed by atoms with Crippen LogP contribution in [0, 0.1) is 5.92 Å². The van der Waals surface area contributed by atoms with Crippen molar-refractivity contribution in [3.8, 4) is 11.4 Å². The number of rotatable bonds is 5. The fourth-order valence-corrected chi connectivity index (χ4v) is 2.16. The minimum absolute atomic E-state index is 0.0332. The molecule has 0 bridgehead atoms. The monoisotopic (exact) mass is 324 g/mol. The minimum Gasteiger partial charge on any atom is -0.391 e. The number of aliphatic hydroxyl groups excluding tert-OH is 1. The van der Waals surface area contributed by atoms with Crippen LogP contribution in [0.5, 0.6) is 0 Å². The second kappa shape index (κ2) is 6.11. The largest absolute Gasteiger partial charge is 0.433 e. The zero-order valence-electron chi connectivity index (χ0n) is 12.1. The van der Waals surface area contributed by atoms with Gasteiger partial charge in [0.25, 0.3) is 0 Å². The summed E-state index contributed by atoms with van der Waals surface area (Å²) < 4.78 is 39.1. The van der Waals surface area contributed by atoms with E-state index in [1.165, 1.54) is 12.4 Å². The number of hydrogen-bond acceptors (Lipinski definition) is 5. The van der Waals surface area contributed by atoms with Crippen LogP contribution in [0.4, 0.5) is 19.0 Å². The quantitative estimate of drug-likeness (QED) is 0.885. The number of anilines is 1. The van der Waals surface area contributed by atoms with Crippen LogP contribution >= 0.6 is 0 Å². The molecule has 8 heteroatoms. The van der Waals surface area contributed by atoms with Gasteiger partial charge in [-0.25, -0.2) is 9.97 Å². The molecule has 1 fully saturated rings. The first-order chi connectivity index (χ1) is 10.9. The van der Waals surface area contributed by atoms with E-state index in [9.17, 15) is 18.3 Å². The summed E-state index contributed by atoms with van der Waals surface area (Å²) in [5.41, 5.74) is -0.640. The Hall–Kier alpha value is -2.22. The number of nitrogens with one attached hydrogen (secondary N) is 1. The van der Waals surface area contributed by atoms with Crippen LogP contribution in [0.3, 0.4) is 0 Å². The maximum absolute atomic E-state index is 13.0. The first-order valence-corrected chi connectivity index (χ1v) is 7.22. The van der Waals surface area contributed by atoms with Gasteiger partial charge in [0.2, 0.25) is 0 Å². The third-order valence-corrected chi connectivity index (χ3v) is 3.59. The molecule has 2 N–H and O–H groups in total. The molecule has 1 aliphatic rings. The Kier molecular flexibility index (Phi) is 4.16. The van der Waals surface area contributed by atoms with Gasteiger partial charge in [0.05, 0.1) is 6.10 Å². The van der Waals surface area contributed by atoms with E-state index in [1.807, 2.05) is 0 Å². The van der Waals surface area contributed by atoms with Crippen molar-refractivity contribution >= 4 is 5.82 Å². The number of nitrogens with zero attached hydrogens (tertiary/aromatic N) is 3. The van der Waals surface area contributed by atoms with Gasteiger partial charge in [-0.15, -0.1) is 0 Å². The second-order valence-electron chi connectivity index (χ2n) is 5.49. The lowest BCUT2D eigenvalue weighted by molar-refractivity contribution is -0.141. The van der Waals surface area contributed by atoms with Crippen molar-refractivity contribution in [3.05, 3.63) is 36.3 Å². The molecule has 2 heterocycles. The summed E-state index contributed by atoms with van der Waals surface area (Å²) >= 11 is 0. The molecule has 1 unspecified atom stereocenters. The van der Waals surface area contributed by atoms with Gasteiger partial charge in [0, 0.05) is 30.6 Å². The number of aliphatic hydroxyl groups is 1. The molecule has 1 aliphatic carbocycles. The SMILES string of the molecule is OC(CNc1cc(C(F)(F)F)nc(-c2cccnc2)n1)C1CC1. The van der Waals surface area contributed by atoms with E-state index in [0.29, 0.717) is 5.56 Å². The molecule has 5 nitrogen and oxygen atoms in total. The van der Waals surface area contributed by atoms with Gasteiger partial charge in [-0.05, 0) is 30.9 Å². The van der Waals surface area contributed by atoms with Crippen molar-refractivity contribution in [1.82, 2.24) is 15.0 Å². The van der Waals surface area contributed by atoms with Gasteiger partial charge in [0.15, 0.2) is 11.5 Å². The third kappa shape index (κ3) is 3.95. The molecule has 1 saturated carbocycles. The van der Waals surface area contributed by atoms with E-state index in [2.05, 4.69) is 20.3 Å². The lowest BCUT2D eigenvalue weighted by Crippen LogP contribution is -2.22. The molecule has 2 aromatic heterocycles. The Morgan fingerprint density at radius 2 is 2.09 bits per heavy atom. The molecule has 122 valence electrons. The molecule has 0 radical (unpaired) electrons. The molecular weight excluding hydrogens is 309 g/mol. The summed E-state index contributed by atoms with van der Waals surface area (Å²) in [5.74, 6) is 0.200. The molecule has 0 amide bonds. The Morgan fingerprint density at radius 3 is 2.70 bits per heavy atom. The fourth-order valence-electron chi connectivity index (χ4n) is 2.16. The van der Waals surface area contributed by atoms with E-state index in [1.54, 1.807) is 12.1 Å². The maximum atomic E-state index is 13.0. The van der Waals surface area contributed by atoms with E-state index >= 15 is 0 Å². The van der Waals surface area contributed by atoms with E-state index in [-0.39, 0.29) is 24.1 Å². The van der Waals surface area contributed by atoms with Crippen molar-refractivity contribution in [2.75, 3.05) is 11.9 Å². The highest BCUT2D eigenvalue weighted by molar-refractivity contribution is 5.56. The Labute approximate surface area is 130 Å². The highest BCUT2D eigenvalue weighted by atomic mass is 19.4. The molecule has 0 spiro atoms. The van der Waals surface area contributed by atoms with Crippen LogP contribution < -0.4 is 5.32 Å². The normalized spacial score (nSPS) is 16.2. The average Bonchev–Trinajstić information content (AvgIpc) is 3.37. The van der Waals surface area contributed by atoms with Crippen LogP contribution in [0.2, 0.25) is 0 Å². The predicted octanol–water partition coefficient (Wildman–Crippen LogP) is 2.74. The van der Waals surface area contributed by atoms with Crippen LogP contribution in [0.1, 0.15) is 18.5 Å². The molecule has 1 atom stereocenters. The van der Waals surface area contributed by atoms with Gasteiger partial charge in [-0.2, -0.15) is 13.2 Å². The second-order valence-corrected chi connectivity index (χ2v) is 5.49. The van der Waals surface area contributed by atoms with Crippen LogP contribution in [-0.2, 0) is 6.18 Å². The zero-order valence-corrected chi connectivity index (χ0v) is 12.1. The van der Waals surface area contributed by atoms with Crippen LogP contribution in [-0.4, -0.2) is 32.7 Å². The van der Waals surface area contributed by atoms with E-state index in [4.69, 9.17) is 0 Å². The molecule has 0 aromatic carbocycles. The summed E-state index contributed by atoms with van der Waals surface area (Å²) in [6, 6.07) is 4.04. The lowest BCUT2D eigenvalue weighted by Gasteiger charge is -2.14. The Morgan fingerprint density at radius 1 is 1.30 bits per heavy atom. The zero-order chi connectivity index (χ0) is 16.4. The first kappa shape index (κ1) is 15.7. The fraction of sp³-hybridized carbons (Fsp3) is 0.400. The van der Waals surface area contributed by atoms with Crippen molar-refractivity contribution in [1.29, 1.82) is 0 Å². The Bertz CT molecular complexity index is 674. The highest BCUT2D eigenvalue weighted by Gasteiger charge is 2.34. The summed E-state index contributed by atoms with van der Waals surface area (Å²) in [6.45, 7) is 0.158. The van der Waals surface area contributed by atoms with Gasteiger partial charge < -0.3 is 10.4 Å². The van der Waals surface area contributed by atoms with Gasteiger partial charge >= 0.3 is 6.18 Å². The molecule has 0 saturated heterocycles. The molecule has 3 rings (SSSR count). The molecular formula is C15H15F3N4O.